The number of hydrogen-bond acceptors (Lipinski definition) is 3. The van der Waals surface area contributed by atoms with Gasteiger partial charge in [0.1, 0.15) is 0 Å². The molecule has 1 aromatic heterocycles. The quantitative estimate of drug-likeness (QED) is 0.703. The second-order valence-electron chi connectivity index (χ2n) is 6.50. The number of aryl methyl sites for hydroxylation is 1. The Hall–Kier alpha value is -3.47. The smallest absolute Gasteiger partial charge is 0.251 e. The number of allylic oxidation sites excluding steroid dienone is 1. The lowest BCUT2D eigenvalue weighted by molar-refractivity contribution is 0.0960. The van der Waals surface area contributed by atoms with Gasteiger partial charge in [0, 0.05) is 29.3 Å². The Morgan fingerprint density at radius 2 is 2.00 bits per heavy atom. The van der Waals surface area contributed by atoms with Crippen molar-refractivity contribution in [1.29, 1.82) is 0 Å². The number of Topliss-reactive ketones (excluding diaryl/α,β-unsaturated/α-hetero) is 1. The molecule has 4 rings (SSSR count). The molecular weight excluding hydrogens is 338 g/mol. The van der Waals surface area contributed by atoms with Crippen molar-refractivity contribution in [2.24, 2.45) is 0 Å². The van der Waals surface area contributed by atoms with Gasteiger partial charge in [0.2, 0.25) is 0 Å². The summed E-state index contributed by atoms with van der Waals surface area (Å²) in [5, 5.41) is 2.62. The molecule has 0 radical (unpaired) electrons. The first kappa shape index (κ1) is 17.0. The Balaban J connectivity index is 1.70. The summed E-state index contributed by atoms with van der Waals surface area (Å²) < 4.78 is 0. The molecule has 0 unspecified atom stereocenters. The van der Waals surface area contributed by atoms with E-state index in [4.69, 9.17) is 0 Å². The van der Waals surface area contributed by atoms with E-state index in [-0.39, 0.29) is 11.7 Å². The summed E-state index contributed by atoms with van der Waals surface area (Å²) in [5.41, 5.74) is 5.88. The second-order valence-corrected chi connectivity index (χ2v) is 6.50. The predicted octanol–water partition coefficient (Wildman–Crippen LogP) is 3.65. The number of nitrogens with one attached hydrogen (secondary N) is 2. The molecule has 5 heteroatoms. The minimum Gasteiger partial charge on any atom is -0.355 e. The van der Waals surface area contributed by atoms with E-state index in [1.54, 1.807) is 31.7 Å². The monoisotopic (exact) mass is 357 g/mol. The SMILES string of the molecule is CNC(=O)c1ccc2c(c1)CC/C(=C\c1ccccc1-c1cnc[nH]1)C2=O. The molecule has 2 aromatic carbocycles. The zero-order chi connectivity index (χ0) is 18.8. The highest BCUT2D eigenvalue weighted by molar-refractivity contribution is 6.14. The van der Waals surface area contributed by atoms with Crippen molar-refractivity contribution in [3.05, 3.63) is 82.8 Å². The van der Waals surface area contributed by atoms with Crippen LogP contribution in [0.3, 0.4) is 0 Å². The van der Waals surface area contributed by atoms with Gasteiger partial charge in [-0.3, -0.25) is 9.59 Å². The maximum absolute atomic E-state index is 13.0. The third-order valence-electron chi connectivity index (χ3n) is 4.87. The molecule has 1 aliphatic carbocycles. The molecule has 0 spiro atoms. The van der Waals surface area contributed by atoms with Gasteiger partial charge in [-0.1, -0.05) is 24.3 Å². The number of benzene rings is 2. The second kappa shape index (κ2) is 7.03. The fourth-order valence-electron chi connectivity index (χ4n) is 3.46. The van der Waals surface area contributed by atoms with Crippen molar-refractivity contribution in [3.63, 3.8) is 0 Å². The number of fused-ring (bicyclic) bond motifs is 1. The van der Waals surface area contributed by atoms with E-state index in [0.29, 0.717) is 17.5 Å². The van der Waals surface area contributed by atoms with Crippen LogP contribution in [0.15, 0.2) is 60.6 Å². The number of imidazole rings is 1. The largest absolute Gasteiger partial charge is 0.355 e. The van der Waals surface area contributed by atoms with Gasteiger partial charge in [-0.15, -0.1) is 0 Å². The lowest BCUT2D eigenvalue weighted by atomic mass is 9.84. The third-order valence-corrected chi connectivity index (χ3v) is 4.87. The van der Waals surface area contributed by atoms with Crippen LogP contribution < -0.4 is 5.32 Å². The summed E-state index contributed by atoms with van der Waals surface area (Å²) in [7, 11) is 1.60. The number of amides is 1. The number of hydrogen-bond donors (Lipinski definition) is 2. The topological polar surface area (TPSA) is 74.8 Å². The normalized spacial score (nSPS) is 14.9. The molecule has 0 fully saturated rings. The number of nitrogens with zero attached hydrogens (tertiary/aromatic N) is 1. The first-order chi connectivity index (χ1) is 13.2. The van der Waals surface area contributed by atoms with E-state index >= 15 is 0 Å². The molecule has 0 saturated heterocycles. The van der Waals surface area contributed by atoms with E-state index in [1.807, 2.05) is 36.4 Å². The number of carbonyl (C=O) groups is 2. The highest BCUT2D eigenvalue weighted by Gasteiger charge is 2.23. The Kier molecular flexibility index (Phi) is 4.42. The van der Waals surface area contributed by atoms with Crippen LogP contribution in [0.5, 0.6) is 0 Å². The predicted molar refractivity (Wildman–Crippen MR) is 104 cm³/mol. The molecule has 0 bridgehead atoms. The lowest BCUT2D eigenvalue weighted by Gasteiger charge is -2.18. The number of aromatic amines is 1. The van der Waals surface area contributed by atoms with Crippen molar-refractivity contribution in [1.82, 2.24) is 15.3 Å². The van der Waals surface area contributed by atoms with Gasteiger partial charge >= 0.3 is 0 Å². The van der Waals surface area contributed by atoms with Crippen LogP contribution in [0.25, 0.3) is 17.3 Å². The van der Waals surface area contributed by atoms with Crippen LogP contribution in [0.4, 0.5) is 0 Å². The molecular formula is C22H19N3O2. The van der Waals surface area contributed by atoms with Crippen LogP contribution >= 0.6 is 0 Å². The fraction of sp³-hybridized carbons (Fsp3) is 0.136. The average molecular weight is 357 g/mol. The Morgan fingerprint density at radius 3 is 2.78 bits per heavy atom. The van der Waals surface area contributed by atoms with Crippen LogP contribution in [0.1, 0.15) is 38.3 Å². The first-order valence-corrected chi connectivity index (χ1v) is 8.85. The molecule has 1 aliphatic rings. The molecule has 2 N–H and O–H groups in total. The number of rotatable bonds is 3. The van der Waals surface area contributed by atoms with Crippen molar-refractivity contribution < 1.29 is 9.59 Å². The maximum atomic E-state index is 13.0. The van der Waals surface area contributed by atoms with Crippen LogP contribution in [-0.4, -0.2) is 28.7 Å². The van der Waals surface area contributed by atoms with Crippen LogP contribution in [-0.2, 0) is 6.42 Å². The molecule has 27 heavy (non-hydrogen) atoms. The zero-order valence-electron chi connectivity index (χ0n) is 15.0. The third kappa shape index (κ3) is 3.19. The van der Waals surface area contributed by atoms with Gasteiger partial charge in [0.25, 0.3) is 5.91 Å². The van der Waals surface area contributed by atoms with E-state index in [1.165, 1.54) is 0 Å². The van der Waals surface area contributed by atoms with Crippen molar-refractivity contribution >= 4 is 17.8 Å². The Morgan fingerprint density at radius 1 is 1.15 bits per heavy atom. The summed E-state index contributed by atoms with van der Waals surface area (Å²) in [6.07, 6.45) is 6.78. The summed E-state index contributed by atoms with van der Waals surface area (Å²) in [4.78, 5) is 32.0. The van der Waals surface area contributed by atoms with Crippen molar-refractivity contribution in [3.8, 4) is 11.3 Å². The molecule has 0 aliphatic heterocycles. The molecule has 1 amide bonds. The highest BCUT2D eigenvalue weighted by Crippen LogP contribution is 2.30. The first-order valence-electron chi connectivity index (χ1n) is 8.85. The van der Waals surface area contributed by atoms with Gasteiger partial charge in [0.15, 0.2) is 5.78 Å². The zero-order valence-corrected chi connectivity index (χ0v) is 15.0. The van der Waals surface area contributed by atoms with Gasteiger partial charge in [-0.05, 0) is 48.2 Å². The maximum Gasteiger partial charge on any atom is 0.251 e. The van der Waals surface area contributed by atoms with E-state index < -0.39 is 0 Å². The number of H-pyrrole nitrogens is 1. The molecule has 0 atom stereocenters. The van der Waals surface area contributed by atoms with Gasteiger partial charge in [0.05, 0.1) is 18.2 Å². The molecule has 3 aromatic rings. The highest BCUT2D eigenvalue weighted by atomic mass is 16.1. The number of aromatic nitrogens is 2. The van der Waals surface area contributed by atoms with E-state index in [9.17, 15) is 9.59 Å². The molecule has 5 nitrogen and oxygen atoms in total. The number of carbonyl (C=O) groups excluding carboxylic acids is 2. The fourth-order valence-corrected chi connectivity index (χ4v) is 3.46. The van der Waals surface area contributed by atoms with E-state index in [2.05, 4.69) is 15.3 Å². The number of ketones is 1. The van der Waals surface area contributed by atoms with Gasteiger partial charge in [-0.2, -0.15) is 0 Å². The minimum absolute atomic E-state index is 0.0270. The minimum atomic E-state index is -0.139. The lowest BCUT2D eigenvalue weighted by Crippen LogP contribution is -2.20. The van der Waals surface area contributed by atoms with Crippen LogP contribution in [0, 0.1) is 0 Å². The molecule has 1 heterocycles. The van der Waals surface area contributed by atoms with Gasteiger partial charge < -0.3 is 10.3 Å². The summed E-state index contributed by atoms with van der Waals surface area (Å²) >= 11 is 0. The summed E-state index contributed by atoms with van der Waals surface area (Å²) in [6, 6.07) is 13.2. The Bertz CT molecular complexity index is 1050. The standard InChI is InChI=1S/C22H19N3O2/c1-23-22(27)17-8-9-19-15(11-17)6-7-16(21(19)26)10-14-4-2-3-5-18(14)20-12-24-13-25-20/h2-5,8-13H,6-7H2,1H3,(H,23,27)(H,24,25)/b16-10+. The summed E-state index contributed by atoms with van der Waals surface area (Å²) in [6.45, 7) is 0. The van der Waals surface area contributed by atoms with E-state index in [0.717, 1.165) is 34.4 Å². The van der Waals surface area contributed by atoms with Crippen molar-refractivity contribution in [2.75, 3.05) is 7.05 Å². The average Bonchev–Trinajstić information content (AvgIpc) is 3.24. The van der Waals surface area contributed by atoms with Crippen LogP contribution in [0.2, 0.25) is 0 Å². The molecule has 134 valence electrons. The van der Waals surface area contributed by atoms with Crippen molar-refractivity contribution in [2.45, 2.75) is 12.8 Å². The van der Waals surface area contributed by atoms with Gasteiger partial charge in [-0.25, -0.2) is 4.98 Å². The Labute approximate surface area is 157 Å². The molecule has 0 saturated carbocycles. The summed E-state index contributed by atoms with van der Waals surface area (Å²) in [5.74, 6) is -0.112.